The van der Waals surface area contributed by atoms with Gasteiger partial charge in [-0.25, -0.2) is 4.98 Å². The van der Waals surface area contributed by atoms with E-state index in [4.69, 9.17) is 5.73 Å². The molecule has 0 spiro atoms. The molecular formula is C10H16N4. The zero-order valence-corrected chi connectivity index (χ0v) is 8.48. The van der Waals surface area contributed by atoms with Crippen molar-refractivity contribution in [3.8, 4) is 0 Å². The average molecular weight is 192 g/mol. The molecule has 1 aromatic heterocycles. The molecule has 1 aromatic rings. The van der Waals surface area contributed by atoms with Crippen molar-refractivity contribution < 1.29 is 0 Å². The molecule has 76 valence electrons. The van der Waals surface area contributed by atoms with Crippen LogP contribution in [-0.4, -0.2) is 21.2 Å². The Labute approximate surface area is 83.9 Å². The summed E-state index contributed by atoms with van der Waals surface area (Å²) in [6, 6.07) is 0.105. The third kappa shape index (κ3) is 2.07. The van der Waals surface area contributed by atoms with E-state index in [0.29, 0.717) is 12.3 Å². The monoisotopic (exact) mass is 192 g/mol. The molecule has 0 radical (unpaired) electrons. The summed E-state index contributed by atoms with van der Waals surface area (Å²) in [6.07, 6.45) is 6.31. The molecule has 0 amide bonds. The standard InChI is InChI=1S/C10H16N4/c1-7(11)5-10-13-9(6-12-14-10)8-3-2-4-8/h6-8H,2-5,11H2,1H3. The van der Waals surface area contributed by atoms with Gasteiger partial charge in [-0.05, 0) is 19.8 Å². The van der Waals surface area contributed by atoms with Crippen LogP contribution in [0.1, 0.15) is 43.6 Å². The number of rotatable bonds is 3. The van der Waals surface area contributed by atoms with Crippen molar-refractivity contribution in [1.29, 1.82) is 0 Å². The minimum Gasteiger partial charge on any atom is -0.328 e. The molecule has 14 heavy (non-hydrogen) atoms. The van der Waals surface area contributed by atoms with E-state index in [1.165, 1.54) is 19.3 Å². The fraction of sp³-hybridized carbons (Fsp3) is 0.700. The maximum atomic E-state index is 5.69. The fourth-order valence-corrected chi connectivity index (χ4v) is 1.63. The smallest absolute Gasteiger partial charge is 0.152 e. The molecule has 0 aliphatic heterocycles. The van der Waals surface area contributed by atoms with E-state index in [0.717, 1.165) is 11.5 Å². The second-order valence-corrected chi connectivity index (χ2v) is 4.11. The van der Waals surface area contributed by atoms with Gasteiger partial charge in [-0.3, -0.25) is 0 Å². The van der Waals surface area contributed by atoms with Crippen LogP contribution in [0.4, 0.5) is 0 Å². The highest BCUT2D eigenvalue weighted by Gasteiger charge is 2.21. The summed E-state index contributed by atoms with van der Waals surface area (Å²) < 4.78 is 0. The molecule has 1 fully saturated rings. The molecular weight excluding hydrogens is 176 g/mol. The second kappa shape index (κ2) is 4.00. The van der Waals surface area contributed by atoms with Gasteiger partial charge >= 0.3 is 0 Å². The van der Waals surface area contributed by atoms with Crippen molar-refractivity contribution >= 4 is 0 Å². The maximum absolute atomic E-state index is 5.69. The molecule has 1 aliphatic rings. The van der Waals surface area contributed by atoms with Crippen LogP contribution in [0.15, 0.2) is 6.20 Å². The highest BCUT2D eigenvalue weighted by molar-refractivity contribution is 5.07. The van der Waals surface area contributed by atoms with E-state index in [-0.39, 0.29) is 6.04 Å². The van der Waals surface area contributed by atoms with Gasteiger partial charge in [-0.15, -0.1) is 5.10 Å². The van der Waals surface area contributed by atoms with Gasteiger partial charge in [0, 0.05) is 18.4 Å². The van der Waals surface area contributed by atoms with Crippen LogP contribution in [0.2, 0.25) is 0 Å². The molecule has 0 saturated heterocycles. The van der Waals surface area contributed by atoms with Gasteiger partial charge in [0.05, 0.1) is 11.9 Å². The van der Waals surface area contributed by atoms with E-state index in [1.807, 2.05) is 6.92 Å². The van der Waals surface area contributed by atoms with Crippen LogP contribution in [0.5, 0.6) is 0 Å². The van der Waals surface area contributed by atoms with Gasteiger partial charge in [0.15, 0.2) is 5.82 Å². The highest BCUT2D eigenvalue weighted by Crippen LogP contribution is 2.34. The molecule has 1 saturated carbocycles. The lowest BCUT2D eigenvalue weighted by Gasteiger charge is -2.24. The molecule has 0 aromatic carbocycles. The number of nitrogens with zero attached hydrogens (tertiary/aromatic N) is 3. The average Bonchev–Trinajstić information content (AvgIpc) is 1.99. The second-order valence-electron chi connectivity index (χ2n) is 4.11. The molecule has 1 atom stereocenters. The first kappa shape index (κ1) is 9.52. The number of hydrogen-bond donors (Lipinski definition) is 1. The minimum absolute atomic E-state index is 0.105. The predicted octanol–water partition coefficient (Wildman–Crippen LogP) is 1.03. The molecule has 4 heteroatoms. The highest BCUT2D eigenvalue weighted by atomic mass is 15.1. The maximum Gasteiger partial charge on any atom is 0.152 e. The number of aromatic nitrogens is 3. The van der Waals surface area contributed by atoms with Gasteiger partial charge in [-0.2, -0.15) is 5.10 Å². The molecule has 1 aliphatic carbocycles. The summed E-state index contributed by atoms with van der Waals surface area (Å²) in [5.41, 5.74) is 6.79. The zero-order chi connectivity index (χ0) is 9.97. The van der Waals surface area contributed by atoms with Crippen LogP contribution in [0.25, 0.3) is 0 Å². The molecule has 2 rings (SSSR count). The summed E-state index contributed by atoms with van der Waals surface area (Å²) in [7, 11) is 0. The van der Waals surface area contributed by atoms with Crippen LogP contribution in [0, 0.1) is 0 Å². The van der Waals surface area contributed by atoms with E-state index < -0.39 is 0 Å². The quantitative estimate of drug-likeness (QED) is 0.776. The van der Waals surface area contributed by atoms with Crippen molar-refractivity contribution in [3.63, 3.8) is 0 Å². The van der Waals surface area contributed by atoms with E-state index >= 15 is 0 Å². The lowest BCUT2D eigenvalue weighted by atomic mass is 9.83. The van der Waals surface area contributed by atoms with Crippen LogP contribution >= 0.6 is 0 Å². The van der Waals surface area contributed by atoms with E-state index in [1.54, 1.807) is 6.20 Å². The molecule has 1 unspecified atom stereocenters. The Morgan fingerprint density at radius 1 is 1.57 bits per heavy atom. The van der Waals surface area contributed by atoms with Gasteiger partial charge in [0.2, 0.25) is 0 Å². The van der Waals surface area contributed by atoms with Crippen molar-refractivity contribution in [2.75, 3.05) is 0 Å². The Morgan fingerprint density at radius 2 is 2.36 bits per heavy atom. The summed E-state index contributed by atoms with van der Waals surface area (Å²) in [4.78, 5) is 4.48. The third-order valence-electron chi connectivity index (χ3n) is 2.65. The minimum atomic E-state index is 0.105. The van der Waals surface area contributed by atoms with Gasteiger partial charge in [0.25, 0.3) is 0 Å². The van der Waals surface area contributed by atoms with Crippen molar-refractivity contribution in [2.45, 2.75) is 44.6 Å². The predicted molar refractivity (Wildman–Crippen MR) is 53.8 cm³/mol. The van der Waals surface area contributed by atoms with Crippen molar-refractivity contribution in [1.82, 2.24) is 15.2 Å². The molecule has 0 bridgehead atoms. The Morgan fingerprint density at radius 3 is 2.93 bits per heavy atom. The van der Waals surface area contributed by atoms with Crippen LogP contribution in [0.3, 0.4) is 0 Å². The van der Waals surface area contributed by atoms with Gasteiger partial charge in [-0.1, -0.05) is 6.42 Å². The number of hydrogen-bond acceptors (Lipinski definition) is 4. The molecule has 2 N–H and O–H groups in total. The normalized spacial score (nSPS) is 19.0. The van der Waals surface area contributed by atoms with E-state index in [9.17, 15) is 0 Å². The van der Waals surface area contributed by atoms with Crippen molar-refractivity contribution in [3.05, 3.63) is 17.7 Å². The lowest BCUT2D eigenvalue weighted by Crippen LogP contribution is -2.21. The Kier molecular flexibility index (Phi) is 2.72. The molecule has 1 heterocycles. The first-order valence-corrected chi connectivity index (χ1v) is 5.20. The third-order valence-corrected chi connectivity index (χ3v) is 2.65. The first-order chi connectivity index (χ1) is 6.75. The zero-order valence-electron chi connectivity index (χ0n) is 8.48. The summed E-state index contributed by atoms with van der Waals surface area (Å²) in [5, 5.41) is 7.95. The van der Waals surface area contributed by atoms with Gasteiger partial charge < -0.3 is 5.73 Å². The van der Waals surface area contributed by atoms with Crippen molar-refractivity contribution in [2.24, 2.45) is 5.73 Å². The number of nitrogens with two attached hydrogens (primary N) is 1. The lowest BCUT2D eigenvalue weighted by molar-refractivity contribution is 0.407. The fourth-order valence-electron chi connectivity index (χ4n) is 1.63. The topological polar surface area (TPSA) is 64.7 Å². The Bertz CT molecular complexity index is 307. The first-order valence-electron chi connectivity index (χ1n) is 5.20. The van der Waals surface area contributed by atoms with E-state index in [2.05, 4.69) is 15.2 Å². The molecule has 4 nitrogen and oxygen atoms in total. The Hall–Kier alpha value is -1.03. The van der Waals surface area contributed by atoms with Crippen LogP contribution in [-0.2, 0) is 6.42 Å². The largest absolute Gasteiger partial charge is 0.328 e. The SMILES string of the molecule is CC(N)Cc1nncc(C2CCC2)n1. The summed E-state index contributed by atoms with van der Waals surface area (Å²) in [5.74, 6) is 1.40. The van der Waals surface area contributed by atoms with Gasteiger partial charge in [0.1, 0.15) is 0 Å². The Balaban J connectivity index is 2.09. The summed E-state index contributed by atoms with van der Waals surface area (Å²) >= 11 is 0. The summed E-state index contributed by atoms with van der Waals surface area (Å²) in [6.45, 7) is 1.96. The van der Waals surface area contributed by atoms with Crippen LogP contribution < -0.4 is 5.73 Å².